The van der Waals surface area contributed by atoms with Gasteiger partial charge in [0, 0.05) is 24.2 Å². The first-order valence-electron chi connectivity index (χ1n) is 6.00. The van der Waals surface area contributed by atoms with Crippen LogP contribution in [0.4, 0.5) is 14.5 Å². The van der Waals surface area contributed by atoms with Crippen LogP contribution in [0.15, 0.2) is 42.5 Å². The highest BCUT2D eigenvalue weighted by Crippen LogP contribution is 2.16. The van der Waals surface area contributed by atoms with Gasteiger partial charge in [-0.15, -0.1) is 0 Å². The molecule has 0 saturated heterocycles. The lowest BCUT2D eigenvalue weighted by Crippen LogP contribution is -2.12. The summed E-state index contributed by atoms with van der Waals surface area (Å²) in [7, 11) is 0. The molecule has 0 aliphatic rings. The first kappa shape index (κ1) is 14.6. The smallest absolute Gasteiger partial charge is 0.308 e. The molecule has 4 nitrogen and oxygen atoms in total. The van der Waals surface area contributed by atoms with E-state index in [4.69, 9.17) is 4.74 Å². The second kappa shape index (κ2) is 6.13. The number of carbonyl (C=O) groups is 2. The fraction of sp³-hybridized carbons (Fsp3) is 0.0667. The van der Waals surface area contributed by atoms with E-state index in [9.17, 15) is 18.4 Å². The number of nitrogens with one attached hydrogen (secondary N) is 1. The molecular formula is C15H11F2NO3. The second-order valence-corrected chi connectivity index (χ2v) is 4.23. The Hall–Kier alpha value is -2.76. The standard InChI is InChI=1S/C15H11F2NO3/c1-9(19)21-14-4-2-10(3-5-14)15(20)18-13-7-11(16)6-12(17)8-13/h2-8H,1H3,(H,18,20). The highest BCUT2D eigenvalue weighted by molar-refractivity contribution is 6.04. The molecule has 2 rings (SSSR count). The summed E-state index contributed by atoms with van der Waals surface area (Å²) in [5.74, 6) is -2.27. The normalized spacial score (nSPS) is 10.0. The zero-order chi connectivity index (χ0) is 15.4. The summed E-state index contributed by atoms with van der Waals surface area (Å²) in [6, 6.07) is 8.49. The van der Waals surface area contributed by atoms with Crippen LogP contribution in [-0.4, -0.2) is 11.9 Å². The summed E-state index contributed by atoms with van der Waals surface area (Å²) in [5.41, 5.74) is 0.275. The number of rotatable bonds is 3. The van der Waals surface area contributed by atoms with Gasteiger partial charge in [-0.05, 0) is 36.4 Å². The van der Waals surface area contributed by atoms with E-state index in [2.05, 4.69) is 5.32 Å². The third-order valence-electron chi connectivity index (χ3n) is 2.50. The number of esters is 1. The van der Waals surface area contributed by atoms with Crippen LogP contribution in [0.1, 0.15) is 17.3 Å². The van der Waals surface area contributed by atoms with Gasteiger partial charge < -0.3 is 10.1 Å². The van der Waals surface area contributed by atoms with Crippen molar-refractivity contribution in [3.8, 4) is 5.75 Å². The number of halogens is 2. The molecule has 108 valence electrons. The molecule has 0 aromatic heterocycles. The average molecular weight is 291 g/mol. The molecule has 1 amide bonds. The number of benzene rings is 2. The molecule has 0 fully saturated rings. The van der Waals surface area contributed by atoms with Crippen molar-refractivity contribution in [3.05, 3.63) is 59.7 Å². The number of anilines is 1. The van der Waals surface area contributed by atoms with Gasteiger partial charge in [0.1, 0.15) is 17.4 Å². The van der Waals surface area contributed by atoms with Crippen molar-refractivity contribution in [3.63, 3.8) is 0 Å². The summed E-state index contributed by atoms with van der Waals surface area (Å²) >= 11 is 0. The number of carbonyl (C=O) groups excluding carboxylic acids is 2. The zero-order valence-corrected chi connectivity index (χ0v) is 11.0. The van der Waals surface area contributed by atoms with E-state index in [1.807, 2.05) is 0 Å². The highest BCUT2D eigenvalue weighted by atomic mass is 19.1. The SMILES string of the molecule is CC(=O)Oc1ccc(C(=O)Nc2cc(F)cc(F)c2)cc1. The Morgan fingerprint density at radius 3 is 2.10 bits per heavy atom. The van der Waals surface area contributed by atoms with E-state index in [1.165, 1.54) is 31.2 Å². The van der Waals surface area contributed by atoms with Crippen LogP contribution in [0.5, 0.6) is 5.75 Å². The number of amides is 1. The molecule has 0 atom stereocenters. The van der Waals surface area contributed by atoms with Gasteiger partial charge in [-0.3, -0.25) is 9.59 Å². The summed E-state index contributed by atoms with van der Waals surface area (Å²) in [6.07, 6.45) is 0. The summed E-state index contributed by atoms with van der Waals surface area (Å²) in [6.45, 7) is 1.26. The molecule has 0 saturated carbocycles. The minimum absolute atomic E-state index is 0.0153. The molecule has 0 spiro atoms. The van der Waals surface area contributed by atoms with E-state index in [0.717, 1.165) is 12.1 Å². The van der Waals surface area contributed by atoms with Gasteiger partial charge in [-0.25, -0.2) is 8.78 Å². The van der Waals surface area contributed by atoms with Gasteiger partial charge in [0.25, 0.3) is 5.91 Å². The molecule has 2 aromatic rings. The Kier molecular flexibility index (Phi) is 4.27. The molecule has 0 bridgehead atoms. The summed E-state index contributed by atoms with van der Waals surface area (Å²) < 4.78 is 30.9. The largest absolute Gasteiger partial charge is 0.427 e. The average Bonchev–Trinajstić information content (AvgIpc) is 2.37. The predicted molar refractivity (Wildman–Crippen MR) is 72.1 cm³/mol. The van der Waals surface area contributed by atoms with Gasteiger partial charge >= 0.3 is 5.97 Å². The number of hydrogen-bond donors (Lipinski definition) is 1. The lowest BCUT2D eigenvalue weighted by Gasteiger charge is -2.06. The fourth-order valence-electron chi connectivity index (χ4n) is 1.67. The molecule has 0 unspecified atom stereocenters. The lowest BCUT2D eigenvalue weighted by atomic mass is 10.2. The van der Waals surface area contributed by atoms with Crippen molar-refractivity contribution in [1.82, 2.24) is 0 Å². The number of hydrogen-bond acceptors (Lipinski definition) is 3. The summed E-state index contributed by atoms with van der Waals surface area (Å²) in [4.78, 5) is 22.7. The Labute approximate surface area is 119 Å². The van der Waals surface area contributed by atoms with Gasteiger partial charge in [0.05, 0.1) is 0 Å². The molecular weight excluding hydrogens is 280 g/mol. The lowest BCUT2D eigenvalue weighted by molar-refractivity contribution is -0.131. The molecule has 0 aliphatic heterocycles. The third kappa shape index (κ3) is 4.10. The fourth-order valence-corrected chi connectivity index (χ4v) is 1.67. The highest BCUT2D eigenvalue weighted by Gasteiger charge is 2.08. The zero-order valence-electron chi connectivity index (χ0n) is 11.0. The molecule has 6 heteroatoms. The topological polar surface area (TPSA) is 55.4 Å². The quantitative estimate of drug-likeness (QED) is 0.698. The molecule has 1 N–H and O–H groups in total. The first-order valence-corrected chi connectivity index (χ1v) is 6.00. The van der Waals surface area contributed by atoms with Crippen LogP contribution in [0, 0.1) is 11.6 Å². The van der Waals surface area contributed by atoms with E-state index < -0.39 is 23.5 Å². The van der Waals surface area contributed by atoms with Crippen molar-refractivity contribution < 1.29 is 23.1 Å². The predicted octanol–water partition coefficient (Wildman–Crippen LogP) is 3.14. The maximum Gasteiger partial charge on any atom is 0.308 e. The van der Waals surface area contributed by atoms with E-state index >= 15 is 0 Å². The Morgan fingerprint density at radius 1 is 1.00 bits per heavy atom. The van der Waals surface area contributed by atoms with Crippen molar-refractivity contribution >= 4 is 17.6 Å². The maximum atomic E-state index is 13.0. The minimum atomic E-state index is -0.782. The van der Waals surface area contributed by atoms with Crippen LogP contribution in [0.2, 0.25) is 0 Å². The van der Waals surface area contributed by atoms with Crippen LogP contribution < -0.4 is 10.1 Å². The number of ether oxygens (including phenoxy) is 1. The molecule has 21 heavy (non-hydrogen) atoms. The summed E-state index contributed by atoms with van der Waals surface area (Å²) in [5, 5.41) is 2.37. The van der Waals surface area contributed by atoms with Gasteiger partial charge in [-0.2, -0.15) is 0 Å². The Bertz CT molecular complexity index is 664. The maximum absolute atomic E-state index is 13.0. The Morgan fingerprint density at radius 2 is 1.57 bits per heavy atom. The molecule has 2 aromatic carbocycles. The molecule has 0 aliphatic carbocycles. The Balaban J connectivity index is 2.11. The van der Waals surface area contributed by atoms with Crippen LogP contribution >= 0.6 is 0 Å². The molecule has 0 heterocycles. The van der Waals surface area contributed by atoms with Crippen molar-refractivity contribution in [2.45, 2.75) is 6.92 Å². The van der Waals surface area contributed by atoms with E-state index in [0.29, 0.717) is 11.8 Å². The van der Waals surface area contributed by atoms with Crippen LogP contribution in [0.3, 0.4) is 0 Å². The van der Waals surface area contributed by atoms with Crippen LogP contribution in [0.25, 0.3) is 0 Å². The van der Waals surface area contributed by atoms with Gasteiger partial charge in [0.15, 0.2) is 0 Å². The van der Waals surface area contributed by atoms with Gasteiger partial charge in [-0.1, -0.05) is 0 Å². The minimum Gasteiger partial charge on any atom is -0.427 e. The first-order chi connectivity index (χ1) is 9.94. The van der Waals surface area contributed by atoms with Crippen molar-refractivity contribution in [2.24, 2.45) is 0 Å². The van der Waals surface area contributed by atoms with E-state index in [-0.39, 0.29) is 11.3 Å². The van der Waals surface area contributed by atoms with E-state index in [1.54, 1.807) is 0 Å². The van der Waals surface area contributed by atoms with Crippen molar-refractivity contribution in [1.29, 1.82) is 0 Å². The second-order valence-electron chi connectivity index (χ2n) is 4.23. The van der Waals surface area contributed by atoms with Crippen LogP contribution in [-0.2, 0) is 4.79 Å². The van der Waals surface area contributed by atoms with Crippen molar-refractivity contribution in [2.75, 3.05) is 5.32 Å². The third-order valence-corrected chi connectivity index (χ3v) is 2.50. The molecule has 0 radical (unpaired) electrons. The monoisotopic (exact) mass is 291 g/mol. The van der Waals surface area contributed by atoms with Gasteiger partial charge in [0.2, 0.25) is 0 Å².